The van der Waals surface area contributed by atoms with Gasteiger partial charge in [0.2, 0.25) is 5.91 Å². The molecule has 98 valence electrons. The highest BCUT2D eigenvalue weighted by Crippen LogP contribution is 2.17. The minimum absolute atomic E-state index is 0.0138. The maximum absolute atomic E-state index is 12.0. The minimum Gasteiger partial charge on any atom is -0.399 e. The lowest BCUT2D eigenvalue weighted by atomic mass is 10.2. The van der Waals surface area contributed by atoms with Gasteiger partial charge in [-0.25, -0.2) is 0 Å². The third kappa shape index (κ3) is 3.57. The Balaban J connectivity index is 1.88. The fraction of sp³-hybridized carbons (Fsp3) is 0.462. The molecule has 0 aromatic heterocycles. The lowest BCUT2D eigenvalue weighted by Gasteiger charge is -2.11. The second-order valence-corrected chi connectivity index (χ2v) is 6.06. The molecule has 4 nitrogen and oxygen atoms in total. The summed E-state index contributed by atoms with van der Waals surface area (Å²) in [6.07, 6.45) is 4.42. The first-order chi connectivity index (χ1) is 8.65. The van der Waals surface area contributed by atoms with Gasteiger partial charge in [0.15, 0.2) is 0 Å². The van der Waals surface area contributed by atoms with Gasteiger partial charge in [0.25, 0.3) is 0 Å². The van der Waals surface area contributed by atoms with Crippen LogP contribution in [0.4, 0.5) is 5.69 Å². The molecule has 1 aromatic carbocycles. The number of carbonyl (C=O) groups is 1. The van der Waals surface area contributed by atoms with Crippen molar-refractivity contribution in [2.45, 2.75) is 36.6 Å². The highest BCUT2D eigenvalue weighted by molar-refractivity contribution is 7.85. The molecule has 0 radical (unpaired) electrons. The predicted octanol–water partition coefficient (Wildman–Crippen LogP) is 1.44. The molecular formula is C13H18N2O2S. The second kappa shape index (κ2) is 6.00. The van der Waals surface area contributed by atoms with E-state index < -0.39 is 10.8 Å². The number of nitrogens with two attached hydrogens (primary N) is 1. The molecular weight excluding hydrogens is 248 g/mol. The number of hydrogen-bond donors (Lipinski definition) is 2. The fourth-order valence-electron chi connectivity index (χ4n) is 2.20. The summed E-state index contributed by atoms with van der Waals surface area (Å²) < 4.78 is 12.0. The van der Waals surface area contributed by atoms with Crippen LogP contribution in [-0.2, 0) is 15.6 Å². The Morgan fingerprint density at radius 1 is 1.39 bits per heavy atom. The second-order valence-electron chi connectivity index (χ2n) is 4.61. The van der Waals surface area contributed by atoms with Gasteiger partial charge in [0.1, 0.15) is 5.75 Å². The van der Waals surface area contributed by atoms with Crippen LogP contribution in [0.25, 0.3) is 0 Å². The van der Waals surface area contributed by atoms with Gasteiger partial charge in [-0.1, -0.05) is 18.9 Å². The molecule has 3 N–H and O–H groups in total. The van der Waals surface area contributed by atoms with Crippen molar-refractivity contribution in [3.05, 3.63) is 24.3 Å². The van der Waals surface area contributed by atoms with E-state index >= 15 is 0 Å². The number of carbonyl (C=O) groups excluding carboxylic acids is 1. The first-order valence-corrected chi connectivity index (χ1v) is 7.50. The Hall–Kier alpha value is -1.36. The molecule has 1 saturated carbocycles. The fourth-order valence-corrected chi connectivity index (χ4v) is 3.18. The summed E-state index contributed by atoms with van der Waals surface area (Å²) in [6.45, 7) is 0. The lowest BCUT2D eigenvalue weighted by molar-refractivity contribution is -0.119. The van der Waals surface area contributed by atoms with Gasteiger partial charge in [-0.3, -0.25) is 9.00 Å². The van der Waals surface area contributed by atoms with Crippen molar-refractivity contribution >= 4 is 22.4 Å². The zero-order chi connectivity index (χ0) is 13.0. The summed E-state index contributed by atoms with van der Waals surface area (Å²) in [4.78, 5) is 12.3. The van der Waals surface area contributed by atoms with Gasteiger partial charge in [-0.2, -0.15) is 0 Å². The summed E-state index contributed by atoms with van der Waals surface area (Å²) in [6, 6.07) is 7.14. The summed E-state index contributed by atoms with van der Waals surface area (Å²) >= 11 is 0. The number of amides is 1. The maximum atomic E-state index is 12.0. The molecule has 1 aromatic rings. The van der Waals surface area contributed by atoms with Crippen LogP contribution in [0.1, 0.15) is 25.7 Å². The maximum Gasteiger partial charge on any atom is 0.233 e. The molecule has 1 amide bonds. The van der Waals surface area contributed by atoms with Gasteiger partial charge < -0.3 is 11.1 Å². The zero-order valence-corrected chi connectivity index (χ0v) is 11.0. The number of rotatable bonds is 4. The molecule has 18 heavy (non-hydrogen) atoms. The minimum atomic E-state index is -1.32. The third-order valence-corrected chi connectivity index (χ3v) is 4.41. The van der Waals surface area contributed by atoms with E-state index in [4.69, 9.17) is 5.73 Å². The molecule has 1 fully saturated rings. The van der Waals surface area contributed by atoms with E-state index in [0.29, 0.717) is 10.6 Å². The third-order valence-electron chi connectivity index (χ3n) is 3.10. The first-order valence-electron chi connectivity index (χ1n) is 6.18. The monoisotopic (exact) mass is 266 g/mol. The molecule has 0 bridgehead atoms. The lowest BCUT2D eigenvalue weighted by Crippen LogP contribution is -2.35. The Bertz CT molecular complexity index is 456. The largest absolute Gasteiger partial charge is 0.399 e. The number of hydrogen-bond acceptors (Lipinski definition) is 3. The van der Waals surface area contributed by atoms with Crippen LogP contribution in [0.5, 0.6) is 0 Å². The Morgan fingerprint density at radius 3 is 2.78 bits per heavy atom. The molecule has 1 aliphatic rings. The number of anilines is 1. The summed E-state index contributed by atoms with van der Waals surface area (Å²) in [5.74, 6) is -0.123. The summed E-state index contributed by atoms with van der Waals surface area (Å²) in [7, 11) is -1.32. The van der Waals surface area contributed by atoms with Crippen LogP contribution >= 0.6 is 0 Å². The molecule has 2 rings (SSSR count). The van der Waals surface area contributed by atoms with E-state index in [1.807, 2.05) is 0 Å². The van der Waals surface area contributed by atoms with Crippen LogP contribution in [0.15, 0.2) is 29.2 Å². The average molecular weight is 266 g/mol. The quantitative estimate of drug-likeness (QED) is 0.810. The van der Waals surface area contributed by atoms with Crippen LogP contribution in [0, 0.1) is 0 Å². The van der Waals surface area contributed by atoms with Gasteiger partial charge in [0.05, 0.1) is 10.8 Å². The first kappa shape index (κ1) is 13.1. The Kier molecular flexibility index (Phi) is 4.36. The Morgan fingerprint density at radius 2 is 2.11 bits per heavy atom. The van der Waals surface area contributed by atoms with Crippen LogP contribution in [0.2, 0.25) is 0 Å². The molecule has 5 heteroatoms. The molecule has 1 atom stereocenters. The van der Waals surface area contributed by atoms with E-state index in [2.05, 4.69) is 5.32 Å². The van der Waals surface area contributed by atoms with Crippen LogP contribution in [0.3, 0.4) is 0 Å². The SMILES string of the molecule is Nc1cccc(S(=O)CC(=O)NC2CCCC2)c1. The number of nitrogen functional groups attached to an aromatic ring is 1. The molecule has 0 spiro atoms. The van der Waals surface area contributed by atoms with Gasteiger partial charge in [0, 0.05) is 16.6 Å². The molecule has 1 aliphatic carbocycles. The van der Waals surface area contributed by atoms with Crippen molar-refractivity contribution < 1.29 is 9.00 Å². The standard InChI is InChI=1S/C13H18N2O2S/c14-10-4-3-7-12(8-10)18(17)9-13(16)15-11-5-1-2-6-11/h3-4,7-8,11H,1-2,5-6,9,14H2,(H,15,16). The van der Waals surface area contributed by atoms with Crippen molar-refractivity contribution in [1.82, 2.24) is 5.32 Å². The van der Waals surface area contributed by atoms with Gasteiger partial charge >= 0.3 is 0 Å². The number of benzene rings is 1. The van der Waals surface area contributed by atoms with E-state index in [1.165, 1.54) is 12.8 Å². The van der Waals surface area contributed by atoms with Gasteiger partial charge in [-0.05, 0) is 31.0 Å². The average Bonchev–Trinajstić information content (AvgIpc) is 2.81. The predicted molar refractivity (Wildman–Crippen MR) is 72.5 cm³/mol. The van der Waals surface area contributed by atoms with Gasteiger partial charge in [-0.15, -0.1) is 0 Å². The van der Waals surface area contributed by atoms with E-state index in [-0.39, 0.29) is 17.7 Å². The summed E-state index contributed by atoms with van der Waals surface area (Å²) in [5, 5.41) is 2.93. The van der Waals surface area contributed by atoms with Crippen molar-refractivity contribution in [2.75, 3.05) is 11.5 Å². The van der Waals surface area contributed by atoms with Crippen molar-refractivity contribution in [1.29, 1.82) is 0 Å². The van der Waals surface area contributed by atoms with Crippen LogP contribution in [-0.4, -0.2) is 21.9 Å². The van der Waals surface area contributed by atoms with Crippen molar-refractivity contribution in [3.8, 4) is 0 Å². The van der Waals surface area contributed by atoms with Crippen LogP contribution < -0.4 is 11.1 Å². The zero-order valence-electron chi connectivity index (χ0n) is 10.2. The molecule has 1 unspecified atom stereocenters. The number of nitrogens with one attached hydrogen (secondary N) is 1. The highest BCUT2D eigenvalue weighted by Gasteiger charge is 2.18. The topological polar surface area (TPSA) is 72.2 Å². The Labute approximate surface area is 109 Å². The van der Waals surface area contributed by atoms with Crippen molar-refractivity contribution in [2.24, 2.45) is 0 Å². The summed E-state index contributed by atoms with van der Waals surface area (Å²) in [5.41, 5.74) is 6.19. The van der Waals surface area contributed by atoms with E-state index in [1.54, 1.807) is 24.3 Å². The highest BCUT2D eigenvalue weighted by atomic mass is 32.2. The molecule has 0 aliphatic heterocycles. The van der Waals surface area contributed by atoms with E-state index in [9.17, 15) is 9.00 Å². The normalized spacial score (nSPS) is 17.6. The molecule has 0 saturated heterocycles. The smallest absolute Gasteiger partial charge is 0.233 e. The van der Waals surface area contributed by atoms with Crippen molar-refractivity contribution in [3.63, 3.8) is 0 Å². The molecule has 0 heterocycles. The van der Waals surface area contributed by atoms with E-state index in [0.717, 1.165) is 12.8 Å².